The van der Waals surface area contributed by atoms with Crippen molar-refractivity contribution in [2.24, 2.45) is 11.3 Å². The van der Waals surface area contributed by atoms with Crippen molar-refractivity contribution in [2.45, 2.75) is 98.4 Å². The maximum absolute atomic E-state index is 12.2. The third-order valence-corrected chi connectivity index (χ3v) is 10.9. The molecule has 0 aromatic heterocycles. The Hall–Kier alpha value is -1.21. The van der Waals surface area contributed by atoms with Gasteiger partial charge in [0.15, 0.2) is 14.1 Å². The minimum absolute atomic E-state index is 0.0683. The van der Waals surface area contributed by atoms with E-state index in [9.17, 15) is 4.79 Å². The van der Waals surface area contributed by atoms with Gasteiger partial charge in [0, 0.05) is 5.92 Å². The van der Waals surface area contributed by atoms with Crippen molar-refractivity contribution in [3.63, 3.8) is 0 Å². The van der Waals surface area contributed by atoms with Crippen LogP contribution in [0, 0.1) is 11.3 Å². The zero-order chi connectivity index (χ0) is 23.8. The van der Waals surface area contributed by atoms with Crippen LogP contribution in [-0.4, -0.2) is 32.8 Å². The Morgan fingerprint density at radius 3 is 2.06 bits per heavy atom. The van der Waals surface area contributed by atoms with Crippen LogP contribution in [-0.2, 0) is 18.7 Å². The standard InChI is InChI=1S/C25H42O5Si/c1-17-20(16-27-31(10,11)24(5,6)7)29-25(8,9)30-21(17)18-12-14-19(15-13-18)28-22(26)23(2,3)4/h12-15,17,20-21H,16H2,1-11H3/t17-,20+,21-/m0/s1. The summed E-state index contributed by atoms with van der Waals surface area (Å²) in [6.07, 6.45) is -0.203. The molecular formula is C25H42O5Si. The fourth-order valence-corrected chi connectivity index (χ4v) is 4.17. The summed E-state index contributed by atoms with van der Waals surface area (Å²) in [5.41, 5.74) is 0.495. The molecule has 3 atom stereocenters. The topological polar surface area (TPSA) is 54.0 Å². The van der Waals surface area contributed by atoms with Crippen LogP contribution in [0.3, 0.4) is 0 Å². The highest BCUT2D eigenvalue weighted by Gasteiger charge is 2.44. The number of carbonyl (C=O) groups is 1. The molecule has 1 aliphatic rings. The molecule has 0 unspecified atom stereocenters. The van der Waals surface area contributed by atoms with Crippen molar-refractivity contribution in [3.8, 4) is 5.75 Å². The van der Waals surface area contributed by atoms with Gasteiger partial charge in [-0.3, -0.25) is 4.79 Å². The average Bonchev–Trinajstić information content (AvgIpc) is 2.61. The highest BCUT2D eigenvalue weighted by Crippen LogP contribution is 2.42. The molecule has 0 aliphatic carbocycles. The lowest BCUT2D eigenvalue weighted by atomic mass is 9.90. The summed E-state index contributed by atoms with van der Waals surface area (Å²) in [4.78, 5) is 12.2. The monoisotopic (exact) mass is 450 g/mol. The van der Waals surface area contributed by atoms with E-state index >= 15 is 0 Å². The number of hydrogen-bond acceptors (Lipinski definition) is 5. The van der Waals surface area contributed by atoms with Gasteiger partial charge in [-0.2, -0.15) is 0 Å². The number of ether oxygens (including phenoxy) is 3. The van der Waals surface area contributed by atoms with Crippen LogP contribution >= 0.6 is 0 Å². The summed E-state index contributed by atoms with van der Waals surface area (Å²) in [6, 6.07) is 7.61. The lowest BCUT2D eigenvalue weighted by Gasteiger charge is -2.46. The summed E-state index contributed by atoms with van der Waals surface area (Å²) in [7, 11) is -1.87. The average molecular weight is 451 g/mol. The second-order valence-corrected chi connectivity index (χ2v) is 16.5. The lowest BCUT2D eigenvalue weighted by molar-refractivity contribution is -0.325. The molecule has 1 saturated heterocycles. The van der Waals surface area contributed by atoms with Gasteiger partial charge in [0.1, 0.15) is 5.75 Å². The Morgan fingerprint density at radius 1 is 1.03 bits per heavy atom. The zero-order valence-corrected chi connectivity index (χ0v) is 22.3. The summed E-state index contributed by atoms with van der Waals surface area (Å²) >= 11 is 0. The Morgan fingerprint density at radius 2 is 1.58 bits per heavy atom. The van der Waals surface area contributed by atoms with Crippen molar-refractivity contribution in [1.82, 2.24) is 0 Å². The molecule has 1 fully saturated rings. The first-order chi connectivity index (χ1) is 13.9. The maximum Gasteiger partial charge on any atom is 0.316 e. The van der Waals surface area contributed by atoms with Crippen LogP contribution in [0.5, 0.6) is 5.75 Å². The van der Waals surface area contributed by atoms with Gasteiger partial charge in [-0.15, -0.1) is 0 Å². The normalized spacial score (nSPS) is 24.7. The van der Waals surface area contributed by atoms with E-state index in [1.54, 1.807) is 0 Å². The molecule has 0 spiro atoms. The molecule has 0 bridgehead atoms. The molecular weight excluding hydrogens is 408 g/mol. The molecule has 2 rings (SSSR count). The molecule has 6 heteroatoms. The molecule has 31 heavy (non-hydrogen) atoms. The lowest BCUT2D eigenvalue weighted by Crippen LogP contribution is -2.50. The number of esters is 1. The summed E-state index contributed by atoms with van der Waals surface area (Å²) in [5.74, 6) is -0.308. The SMILES string of the molecule is C[C@@H]1[C@@H](c2ccc(OC(=O)C(C)(C)C)cc2)OC(C)(C)O[C@@H]1CO[Si](C)(C)C(C)(C)C. The van der Waals surface area contributed by atoms with Gasteiger partial charge in [-0.1, -0.05) is 39.8 Å². The number of benzene rings is 1. The molecule has 1 aromatic rings. The first-order valence-electron chi connectivity index (χ1n) is 11.2. The molecule has 1 heterocycles. The number of hydrogen-bond donors (Lipinski definition) is 0. The minimum Gasteiger partial charge on any atom is -0.426 e. The minimum atomic E-state index is -1.87. The summed E-state index contributed by atoms with van der Waals surface area (Å²) in [6.45, 7) is 23.4. The maximum atomic E-state index is 12.2. The van der Waals surface area contributed by atoms with Gasteiger partial charge in [-0.25, -0.2) is 0 Å². The molecule has 1 aromatic carbocycles. The van der Waals surface area contributed by atoms with E-state index in [-0.39, 0.29) is 29.1 Å². The van der Waals surface area contributed by atoms with Crippen LogP contribution in [0.2, 0.25) is 18.1 Å². The van der Waals surface area contributed by atoms with E-state index in [1.807, 2.05) is 58.9 Å². The Kier molecular flexibility index (Phi) is 7.53. The van der Waals surface area contributed by atoms with Gasteiger partial charge in [0.25, 0.3) is 0 Å². The summed E-state index contributed by atoms with van der Waals surface area (Å²) < 4.78 is 24.5. The predicted octanol–water partition coefficient (Wildman–Crippen LogP) is 6.49. The first kappa shape index (κ1) is 26.0. The number of carbonyl (C=O) groups excluding carboxylic acids is 1. The third kappa shape index (κ3) is 6.64. The molecule has 0 saturated carbocycles. The van der Waals surface area contributed by atoms with E-state index in [4.69, 9.17) is 18.6 Å². The van der Waals surface area contributed by atoms with Crippen molar-refractivity contribution in [3.05, 3.63) is 29.8 Å². The predicted molar refractivity (Wildman–Crippen MR) is 127 cm³/mol. The molecule has 0 N–H and O–H groups in total. The van der Waals surface area contributed by atoms with Crippen LogP contribution in [0.1, 0.15) is 74.0 Å². The number of rotatable bonds is 5. The third-order valence-electron chi connectivity index (χ3n) is 6.36. The van der Waals surface area contributed by atoms with E-state index < -0.39 is 19.5 Å². The molecule has 0 amide bonds. The van der Waals surface area contributed by atoms with Gasteiger partial charge in [0.2, 0.25) is 0 Å². The van der Waals surface area contributed by atoms with Gasteiger partial charge in [-0.05, 0) is 70.4 Å². The molecule has 1 aliphatic heterocycles. The summed E-state index contributed by atoms with van der Waals surface area (Å²) in [5, 5.41) is 0.149. The fourth-order valence-electron chi connectivity index (χ4n) is 3.16. The second-order valence-electron chi connectivity index (χ2n) is 11.7. The van der Waals surface area contributed by atoms with Crippen LogP contribution < -0.4 is 4.74 Å². The quantitative estimate of drug-likeness (QED) is 0.291. The largest absolute Gasteiger partial charge is 0.426 e. The Bertz CT molecular complexity index is 756. The smallest absolute Gasteiger partial charge is 0.316 e. The zero-order valence-electron chi connectivity index (χ0n) is 21.3. The highest BCUT2D eigenvalue weighted by molar-refractivity contribution is 6.74. The van der Waals surface area contributed by atoms with Crippen molar-refractivity contribution in [1.29, 1.82) is 0 Å². The van der Waals surface area contributed by atoms with E-state index in [0.29, 0.717) is 12.4 Å². The van der Waals surface area contributed by atoms with Gasteiger partial charge >= 0.3 is 5.97 Å². The highest BCUT2D eigenvalue weighted by atomic mass is 28.4. The van der Waals surface area contributed by atoms with E-state index in [0.717, 1.165) is 5.56 Å². The van der Waals surface area contributed by atoms with Crippen molar-refractivity contribution >= 4 is 14.3 Å². The van der Waals surface area contributed by atoms with Crippen LogP contribution in [0.25, 0.3) is 0 Å². The van der Waals surface area contributed by atoms with Gasteiger partial charge in [0.05, 0.1) is 24.2 Å². The van der Waals surface area contributed by atoms with Crippen molar-refractivity contribution < 1.29 is 23.4 Å². The molecule has 176 valence electrons. The van der Waals surface area contributed by atoms with Crippen LogP contribution in [0.4, 0.5) is 0 Å². The first-order valence-corrected chi connectivity index (χ1v) is 14.2. The Balaban J connectivity index is 2.16. The van der Waals surface area contributed by atoms with Crippen molar-refractivity contribution in [2.75, 3.05) is 6.61 Å². The molecule has 5 nitrogen and oxygen atoms in total. The van der Waals surface area contributed by atoms with E-state index in [1.165, 1.54) is 0 Å². The Labute approximate surface area is 189 Å². The van der Waals surface area contributed by atoms with E-state index in [2.05, 4.69) is 40.8 Å². The fraction of sp³-hybridized carbons (Fsp3) is 0.720. The van der Waals surface area contributed by atoms with Gasteiger partial charge < -0.3 is 18.6 Å². The molecule has 0 radical (unpaired) electrons. The second kappa shape index (κ2) is 8.97. The van der Waals surface area contributed by atoms with Crippen LogP contribution in [0.15, 0.2) is 24.3 Å².